The van der Waals surface area contributed by atoms with Crippen LogP contribution in [0.3, 0.4) is 0 Å². The molecule has 136 valence electrons. The highest BCUT2D eigenvalue weighted by Crippen LogP contribution is 2.27. The first-order valence-electron chi connectivity index (χ1n) is 8.10. The first kappa shape index (κ1) is 17.8. The topological polar surface area (TPSA) is 98.9 Å². The summed E-state index contributed by atoms with van der Waals surface area (Å²) in [5.41, 5.74) is 0.0240. The maximum absolute atomic E-state index is 12.0. The van der Waals surface area contributed by atoms with Gasteiger partial charge in [-0.3, -0.25) is 19.0 Å². The average Bonchev–Trinajstić information content (AvgIpc) is 2.99. The number of rotatable bonds is 5. The van der Waals surface area contributed by atoms with Crippen LogP contribution in [0.25, 0.3) is 11.0 Å². The third-order valence-corrected chi connectivity index (χ3v) is 4.80. The van der Waals surface area contributed by atoms with Gasteiger partial charge < -0.3 is 9.42 Å². The standard InChI is InChI=1S/C16H22N4O4S/c1-16(2,15(21)18-25(22)23)11-19-7-9-20(10-8-19)14-12-5-3-4-6-13(12)24-17-14/h3-6H,7-11H2,1-2H3,(H,18,21)(H,22,23). The van der Waals surface area contributed by atoms with Crippen LogP contribution < -0.4 is 9.62 Å². The fourth-order valence-corrected chi connectivity index (χ4v) is 3.50. The highest BCUT2D eigenvalue weighted by molar-refractivity contribution is 7.77. The predicted octanol–water partition coefficient (Wildman–Crippen LogP) is 1.23. The maximum Gasteiger partial charge on any atom is 0.261 e. The van der Waals surface area contributed by atoms with E-state index in [-0.39, 0.29) is 0 Å². The van der Waals surface area contributed by atoms with Crippen molar-refractivity contribution < 1.29 is 18.1 Å². The Labute approximate surface area is 148 Å². The fourth-order valence-electron chi connectivity index (χ4n) is 3.07. The molecule has 0 bridgehead atoms. The molecular formula is C16H22N4O4S. The van der Waals surface area contributed by atoms with E-state index in [1.807, 2.05) is 24.3 Å². The largest absolute Gasteiger partial charge is 0.354 e. The van der Waals surface area contributed by atoms with Gasteiger partial charge in [-0.25, -0.2) is 4.21 Å². The zero-order chi connectivity index (χ0) is 18.0. The van der Waals surface area contributed by atoms with Crippen LogP contribution in [0.15, 0.2) is 28.8 Å². The van der Waals surface area contributed by atoms with Crippen molar-refractivity contribution in [3.8, 4) is 0 Å². The molecule has 3 rings (SSSR count). The maximum atomic E-state index is 12.0. The van der Waals surface area contributed by atoms with E-state index in [2.05, 4.69) is 19.7 Å². The molecule has 1 saturated heterocycles. The molecule has 2 N–H and O–H groups in total. The van der Waals surface area contributed by atoms with Gasteiger partial charge in [0.05, 0.1) is 10.8 Å². The molecule has 1 atom stereocenters. The molecule has 1 amide bonds. The van der Waals surface area contributed by atoms with Crippen LogP contribution in [0.1, 0.15) is 13.8 Å². The highest BCUT2D eigenvalue weighted by atomic mass is 32.2. The van der Waals surface area contributed by atoms with Crippen molar-refractivity contribution in [2.45, 2.75) is 13.8 Å². The third kappa shape index (κ3) is 4.00. The summed E-state index contributed by atoms with van der Waals surface area (Å²) in [6.07, 6.45) is 0. The highest BCUT2D eigenvalue weighted by Gasteiger charge is 2.32. The number of piperazine rings is 1. The number of nitrogens with zero attached hydrogens (tertiary/aromatic N) is 3. The van der Waals surface area contributed by atoms with Gasteiger partial charge in [-0.2, -0.15) is 0 Å². The van der Waals surface area contributed by atoms with E-state index >= 15 is 0 Å². The van der Waals surface area contributed by atoms with Gasteiger partial charge in [-0.15, -0.1) is 0 Å². The molecule has 2 aromatic rings. The van der Waals surface area contributed by atoms with Crippen molar-refractivity contribution in [3.63, 3.8) is 0 Å². The Bertz CT molecular complexity index is 783. The lowest BCUT2D eigenvalue weighted by molar-refractivity contribution is -0.128. The second-order valence-electron chi connectivity index (χ2n) is 6.83. The van der Waals surface area contributed by atoms with Gasteiger partial charge in [0.1, 0.15) is 0 Å². The minimum atomic E-state index is -2.33. The lowest BCUT2D eigenvalue weighted by Crippen LogP contribution is -2.52. The van der Waals surface area contributed by atoms with Crippen molar-refractivity contribution in [2.75, 3.05) is 37.6 Å². The van der Waals surface area contributed by atoms with Crippen molar-refractivity contribution in [3.05, 3.63) is 24.3 Å². The molecule has 0 saturated carbocycles. The number of carbonyl (C=O) groups excluding carboxylic acids is 1. The number of para-hydroxylation sites is 1. The van der Waals surface area contributed by atoms with E-state index in [0.717, 1.165) is 43.0 Å². The van der Waals surface area contributed by atoms with Gasteiger partial charge in [0.2, 0.25) is 5.91 Å². The summed E-state index contributed by atoms with van der Waals surface area (Å²) in [6.45, 7) is 7.17. The van der Waals surface area contributed by atoms with E-state index in [1.165, 1.54) is 0 Å². The van der Waals surface area contributed by atoms with Crippen molar-refractivity contribution in [1.82, 2.24) is 14.8 Å². The molecule has 1 fully saturated rings. The molecule has 1 aromatic carbocycles. The van der Waals surface area contributed by atoms with E-state index in [0.29, 0.717) is 6.54 Å². The number of benzene rings is 1. The van der Waals surface area contributed by atoms with Gasteiger partial charge in [0.15, 0.2) is 11.4 Å². The molecule has 1 aliphatic rings. The van der Waals surface area contributed by atoms with Gasteiger partial charge >= 0.3 is 0 Å². The Balaban J connectivity index is 1.60. The summed E-state index contributed by atoms with van der Waals surface area (Å²) < 4.78 is 27.0. The quantitative estimate of drug-likeness (QED) is 0.768. The second-order valence-corrected chi connectivity index (χ2v) is 7.53. The number of aromatic nitrogens is 1. The number of nitrogens with one attached hydrogen (secondary N) is 1. The lowest BCUT2D eigenvalue weighted by atomic mass is 9.91. The van der Waals surface area contributed by atoms with Crippen LogP contribution in [0.4, 0.5) is 5.82 Å². The van der Waals surface area contributed by atoms with Crippen molar-refractivity contribution in [1.29, 1.82) is 0 Å². The average molecular weight is 366 g/mol. The second kappa shape index (κ2) is 7.11. The Morgan fingerprint density at radius 2 is 2.00 bits per heavy atom. The molecule has 8 nitrogen and oxygen atoms in total. The van der Waals surface area contributed by atoms with Crippen LogP contribution in [-0.4, -0.2) is 57.4 Å². The summed E-state index contributed by atoms with van der Waals surface area (Å²) >= 11 is -2.33. The first-order chi connectivity index (χ1) is 11.9. The molecule has 0 radical (unpaired) electrons. The van der Waals surface area contributed by atoms with Crippen molar-refractivity contribution in [2.24, 2.45) is 5.41 Å². The Hall–Kier alpha value is -1.97. The zero-order valence-corrected chi connectivity index (χ0v) is 15.1. The summed E-state index contributed by atoms with van der Waals surface area (Å²) in [5.74, 6) is 0.418. The van der Waals surface area contributed by atoms with Gasteiger partial charge in [-0.1, -0.05) is 17.3 Å². The molecule has 1 unspecified atom stereocenters. The van der Waals surface area contributed by atoms with Gasteiger partial charge in [0.25, 0.3) is 11.3 Å². The third-order valence-electron chi connectivity index (χ3n) is 4.44. The first-order valence-corrected chi connectivity index (χ1v) is 9.21. The number of anilines is 1. The van der Waals surface area contributed by atoms with Crippen LogP contribution in [0.5, 0.6) is 0 Å². The van der Waals surface area contributed by atoms with E-state index in [9.17, 15) is 9.00 Å². The number of carbonyl (C=O) groups is 1. The van der Waals surface area contributed by atoms with E-state index in [4.69, 9.17) is 9.08 Å². The number of amides is 1. The summed E-state index contributed by atoms with van der Waals surface area (Å²) in [7, 11) is 0. The van der Waals surface area contributed by atoms with Crippen LogP contribution in [-0.2, 0) is 16.1 Å². The molecular weight excluding hydrogens is 344 g/mol. The predicted molar refractivity (Wildman–Crippen MR) is 95.4 cm³/mol. The Morgan fingerprint density at radius 3 is 2.68 bits per heavy atom. The van der Waals surface area contributed by atoms with Gasteiger partial charge in [-0.05, 0) is 26.0 Å². The number of hydrogen-bond donors (Lipinski definition) is 2. The molecule has 25 heavy (non-hydrogen) atoms. The van der Waals surface area contributed by atoms with Crippen LogP contribution in [0, 0.1) is 5.41 Å². The molecule has 1 aliphatic heterocycles. The number of fused-ring (bicyclic) bond motifs is 1. The minimum Gasteiger partial charge on any atom is -0.354 e. The fraction of sp³-hybridized carbons (Fsp3) is 0.500. The van der Waals surface area contributed by atoms with Crippen molar-refractivity contribution >= 4 is 34.0 Å². The molecule has 0 spiro atoms. The molecule has 9 heteroatoms. The molecule has 0 aliphatic carbocycles. The summed E-state index contributed by atoms with van der Waals surface area (Å²) in [5, 5.41) is 5.19. The van der Waals surface area contributed by atoms with Crippen LogP contribution >= 0.6 is 0 Å². The van der Waals surface area contributed by atoms with Crippen LogP contribution in [0.2, 0.25) is 0 Å². The van der Waals surface area contributed by atoms with E-state index in [1.54, 1.807) is 13.8 Å². The Kier molecular flexibility index (Phi) is 5.07. The smallest absolute Gasteiger partial charge is 0.261 e. The zero-order valence-electron chi connectivity index (χ0n) is 14.3. The van der Waals surface area contributed by atoms with Gasteiger partial charge in [0, 0.05) is 32.7 Å². The Morgan fingerprint density at radius 1 is 1.32 bits per heavy atom. The molecule has 1 aromatic heterocycles. The lowest BCUT2D eigenvalue weighted by Gasteiger charge is -2.38. The summed E-state index contributed by atoms with van der Waals surface area (Å²) in [6, 6.07) is 7.78. The number of hydrogen-bond acceptors (Lipinski definition) is 6. The monoisotopic (exact) mass is 366 g/mol. The van der Waals surface area contributed by atoms with E-state index < -0.39 is 22.6 Å². The minimum absolute atomic E-state index is 0.432. The summed E-state index contributed by atoms with van der Waals surface area (Å²) in [4.78, 5) is 16.4. The SMILES string of the molecule is CC(C)(CN1CCN(c2noc3ccccc23)CC1)C(=O)NS(=O)O. The normalized spacial score (nSPS) is 17.6. The molecule has 2 heterocycles.